The fourth-order valence-corrected chi connectivity index (χ4v) is 4.95. The van der Waals surface area contributed by atoms with E-state index in [4.69, 9.17) is 0 Å². The third-order valence-corrected chi connectivity index (χ3v) is 6.55. The van der Waals surface area contributed by atoms with Gasteiger partial charge in [-0.15, -0.1) is 11.3 Å². The second-order valence-electron chi connectivity index (χ2n) is 5.97. The van der Waals surface area contributed by atoms with Crippen LogP contribution >= 0.6 is 39.0 Å². The lowest BCUT2D eigenvalue weighted by Gasteiger charge is -2.23. The van der Waals surface area contributed by atoms with E-state index < -0.39 is 0 Å². The topological polar surface area (TPSA) is 82.0 Å². The Hall–Kier alpha value is -2.08. The second-order valence-corrected chi connectivity index (χ2v) is 8.85. The Morgan fingerprint density at radius 2 is 2.30 bits per heavy atom. The number of nitrogens with one attached hydrogen (secondary N) is 2. The smallest absolute Gasteiger partial charge is 0.234 e. The first kappa shape index (κ1) is 19.7. The fourth-order valence-electron chi connectivity index (χ4n) is 2.76. The largest absolute Gasteiger partial charge is 0.325 e. The number of benzene rings is 1. The highest BCUT2D eigenvalue weighted by molar-refractivity contribution is 9.10. The molecule has 2 N–H and O–H groups in total. The van der Waals surface area contributed by atoms with Gasteiger partial charge in [-0.1, -0.05) is 33.8 Å². The van der Waals surface area contributed by atoms with E-state index in [0.717, 1.165) is 20.6 Å². The first-order chi connectivity index (χ1) is 13.0. The van der Waals surface area contributed by atoms with E-state index >= 15 is 0 Å². The van der Waals surface area contributed by atoms with Crippen molar-refractivity contribution in [2.75, 3.05) is 11.1 Å². The van der Waals surface area contributed by atoms with Crippen molar-refractivity contribution in [1.29, 1.82) is 5.26 Å². The molecule has 2 heterocycles. The minimum atomic E-state index is -0.247. The highest BCUT2D eigenvalue weighted by atomic mass is 79.9. The van der Waals surface area contributed by atoms with Crippen LogP contribution in [0, 0.1) is 18.3 Å². The van der Waals surface area contributed by atoms with Gasteiger partial charge in [0.05, 0.1) is 22.4 Å². The third kappa shape index (κ3) is 4.80. The number of hydrogen-bond donors (Lipinski definition) is 2. The number of thioether (sulfide) groups is 1. The molecular weight excluding hydrogens is 446 g/mol. The maximum atomic E-state index is 12.3. The summed E-state index contributed by atoms with van der Waals surface area (Å²) in [7, 11) is 0. The highest BCUT2D eigenvalue weighted by Crippen LogP contribution is 2.37. The van der Waals surface area contributed by atoms with Crippen LogP contribution in [0.2, 0.25) is 0 Å². The summed E-state index contributed by atoms with van der Waals surface area (Å²) in [6.45, 7) is 1.91. The molecule has 0 saturated carbocycles. The van der Waals surface area contributed by atoms with E-state index in [9.17, 15) is 14.9 Å². The van der Waals surface area contributed by atoms with Crippen LogP contribution in [0.25, 0.3) is 0 Å². The van der Waals surface area contributed by atoms with E-state index in [1.165, 1.54) is 23.1 Å². The lowest BCUT2D eigenvalue weighted by molar-refractivity contribution is -0.121. The number of thiophene rings is 1. The van der Waals surface area contributed by atoms with E-state index in [0.29, 0.717) is 10.6 Å². The van der Waals surface area contributed by atoms with Gasteiger partial charge in [-0.3, -0.25) is 9.59 Å². The van der Waals surface area contributed by atoms with Crippen LogP contribution in [-0.2, 0) is 9.59 Å². The monoisotopic (exact) mass is 461 g/mol. The van der Waals surface area contributed by atoms with Crippen molar-refractivity contribution in [3.8, 4) is 6.07 Å². The van der Waals surface area contributed by atoms with Crippen molar-refractivity contribution >= 4 is 56.5 Å². The van der Waals surface area contributed by atoms with Gasteiger partial charge in [0.25, 0.3) is 0 Å². The van der Waals surface area contributed by atoms with Gasteiger partial charge < -0.3 is 10.6 Å². The zero-order valence-electron chi connectivity index (χ0n) is 14.4. The number of nitrogens with zero attached hydrogens (tertiary/aromatic N) is 1. The average Bonchev–Trinajstić information content (AvgIpc) is 3.16. The van der Waals surface area contributed by atoms with E-state index in [1.54, 1.807) is 0 Å². The molecule has 1 aliphatic heterocycles. The van der Waals surface area contributed by atoms with Gasteiger partial charge in [-0.25, -0.2) is 0 Å². The molecule has 0 unspecified atom stereocenters. The molecule has 0 bridgehead atoms. The van der Waals surface area contributed by atoms with Crippen molar-refractivity contribution < 1.29 is 9.59 Å². The Bertz CT molecular complexity index is 948. The summed E-state index contributed by atoms with van der Waals surface area (Å²) in [6.07, 6.45) is 0.248. The van der Waals surface area contributed by atoms with Crippen LogP contribution in [0.3, 0.4) is 0 Å². The van der Waals surface area contributed by atoms with Gasteiger partial charge in [0.15, 0.2) is 0 Å². The molecule has 5 nitrogen and oxygen atoms in total. The first-order valence-electron chi connectivity index (χ1n) is 8.14. The summed E-state index contributed by atoms with van der Waals surface area (Å²) < 4.78 is 0.945. The lowest BCUT2D eigenvalue weighted by atomic mass is 9.93. The number of nitriles is 1. The molecule has 1 atom stereocenters. The van der Waals surface area contributed by atoms with Crippen molar-refractivity contribution in [2.45, 2.75) is 19.3 Å². The minimum absolute atomic E-state index is 0.105. The van der Waals surface area contributed by atoms with E-state index in [1.807, 2.05) is 42.6 Å². The van der Waals surface area contributed by atoms with Crippen LogP contribution in [0.4, 0.5) is 5.69 Å². The van der Waals surface area contributed by atoms with Gasteiger partial charge in [0.1, 0.15) is 0 Å². The molecule has 27 heavy (non-hydrogen) atoms. The number of carbonyl (C=O) groups excluding carboxylic acids is 2. The number of hydrogen-bond acceptors (Lipinski definition) is 5. The summed E-state index contributed by atoms with van der Waals surface area (Å²) in [6, 6.07) is 11.7. The number of anilines is 1. The molecule has 0 radical (unpaired) electrons. The molecule has 1 aromatic carbocycles. The molecular formula is C19H16BrN3O2S2. The lowest BCUT2D eigenvalue weighted by Crippen LogP contribution is -2.31. The Kier molecular flexibility index (Phi) is 6.37. The van der Waals surface area contributed by atoms with E-state index in [2.05, 4.69) is 32.6 Å². The van der Waals surface area contributed by atoms with Crippen molar-refractivity contribution in [3.05, 3.63) is 61.2 Å². The number of aryl methyl sites for hydroxylation is 1. The maximum absolute atomic E-state index is 12.3. The molecule has 0 spiro atoms. The summed E-state index contributed by atoms with van der Waals surface area (Å²) >= 11 is 6.10. The summed E-state index contributed by atoms with van der Waals surface area (Å²) in [5, 5.41) is 17.6. The molecule has 0 saturated heterocycles. The van der Waals surface area contributed by atoms with Crippen LogP contribution in [0.5, 0.6) is 0 Å². The molecule has 1 aromatic heterocycles. The highest BCUT2D eigenvalue weighted by Gasteiger charge is 2.30. The molecule has 0 aliphatic carbocycles. The van der Waals surface area contributed by atoms with Gasteiger partial charge in [-0.2, -0.15) is 5.26 Å². The average molecular weight is 462 g/mol. The zero-order valence-corrected chi connectivity index (χ0v) is 17.6. The summed E-state index contributed by atoms with van der Waals surface area (Å²) in [5.41, 5.74) is 2.19. The number of allylic oxidation sites excluding steroid dienone is 1. The van der Waals surface area contributed by atoms with Crippen LogP contribution in [-0.4, -0.2) is 17.6 Å². The zero-order chi connectivity index (χ0) is 19.4. The molecule has 138 valence electrons. The normalized spacial score (nSPS) is 16.6. The van der Waals surface area contributed by atoms with Crippen molar-refractivity contribution in [3.63, 3.8) is 0 Å². The number of rotatable bonds is 5. The predicted molar refractivity (Wildman–Crippen MR) is 112 cm³/mol. The van der Waals surface area contributed by atoms with Gasteiger partial charge in [0.2, 0.25) is 11.8 Å². The first-order valence-corrected chi connectivity index (χ1v) is 10.8. The molecule has 0 fully saturated rings. The molecule has 2 amide bonds. The van der Waals surface area contributed by atoms with Crippen LogP contribution in [0.15, 0.2) is 50.8 Å². The maximum Gasteiger partial charge on any atom is 0.234 e. The predicted octanol–water partition coefficient (Wildman–Crippen LogP) is 4.53. The molecule has 2 aromatic rings. The quantitative estimate of drug-likeness (QED) is 0.684. The standard InChI is InChI=1S/C19H16BrN3O2S2/c1-11-7-12(20)4-5-15(11)22-18(25)10-27-19-14(9-21)13(8-17(24)23-19)16-3-2-6-26-16/h2-7,13H,8,10H2,1H3,(H,22,25)(H,23,24)/t13-/m0/s1. The van der Waals surface area contributed by atoms with Gasteiger partial charge in [0, 0.05) is 27.4 Å². The molecule has 1 aliphatic rings. The number of amides is 2. The summed E-state index contributed by atoms with van der Waals surface area (Å²) in [4.78, 5) is 25.4. The Morgan fingerprint density at radius 3 is 2.96 bits per heavy atom. The molecule has 8 heteroatoms. The number of carbonyl (C=O) groups is 2. The van der Waals surface area contributed by atoms with E-state index in [-0.39, 0.29) is 29.9 Å². The van der Waals surface area contributed by atoms with Gasteiger partial charge in [-0.05, 0) is 42.1 Å². The van der Waals surface area contributed by atoms with Crippen molar-refractivity contribution in [2.24, 2.45) is 0 Å². The third-order valence-electron chi connectivity index (χ3n) is 4.05. The van der Waals surface area contributed by atoms with Crippen LogP contribution in [0.1, 0.15) is 22.8 Å². The summed E-state index contributed by atoms with van der Waals surface area (Å²) in [5.74, 6) is -0.474. The van der Waals surface area contributed by atoms with Crippen molar-refractivity contribution in [1.82, 2.24) is 5.32 Å². The second kappa shape index (κ2) is 8.74. The fraction of sp³-hybridized carbons (Fsp3) is 0.211. The van der Waals surface area contributed by atoms with Crippen LogP contribution < -0.4 is 10.6 Å². The minimum Gasteiger partial charge on any atom is -0.325 e. The Balaban J connectivity index is 1.72. The van der Waals surface area contributed by atoms with Gasteiger partial charge >= 0.3 is 0 Å². The number of halogens is 1. The Labute approximate surface area is 174 Å². The SMILES string of the molecule is Cc1cc(Br)ccc1NC(=O)CSC1=C(C#N)[C@@H](c2cccs2)CC(=O)N1. The molecule has 3 rings (SSSR count). The Morgan fingerprint density at radius 1 is 1.48 bits per heavy atom.